The van der Waals surface area contributed by atoms with Crippen molar-refractivity contribution >= 4 is 6.41 Å². The number of aromatic hydroxyl groups is 1. The van der Waals surface area contributed by atoms with Gasteiger partial charge in [0.25, 0.3) is 0 Å². The second kappa shape index (κ2) is 5.11. The number of phenolic OH excluding ortho intramolecular Hbond substituents is 1. The van der Waals surface area contributed by atoms with Crippen LogP contribution >= 0.6 is 0 Å². The highest BCUT2D eigenvalue weighted by Gasteiger charge is 2.02. The molecule has 14 heavy (non-hydrogen) atoms. The molecule has 0 radical (unpaired) electrons. The molecule has 1 aromatic rings. The number of amides is 1. The number of ether oxygens (including phenoxy) is 1. The minimum Gasteiger partial charge on any atom is -0.508 e. The van der Waals surface area contributed by atoms with Gasteiger partial charge in [-0.05, 0) is 30.2 Å². The highest BCUT2D eigenvalue weighted by atomic mass is 16.5. The molecule has 4 nitrogen and oxygen atoms in total. The van der Waals surface area contributed by atoms with Crippen LogP contribution in [0.25, 0.3) is 0 Å². The molecule has 0 aliphatic heterocycles. The van der Waals surface area contributed by atoms with Crippen LogP contribution in [0, 0.1) is 0 Å². The van der Waals surface area contributed by atoms with Gasteiger partial charge in [0, 0.05) is 6.54 Å². The zero-order valence-corrected chi connectivity index (χ0v) is 7.99. The minimum atomic E-state index is 0.221. The quantitative estimate of drug-likeness (QED) is 0.537. The van der Waals surface area contributed by atoms with E-state index < -0.39 is 0 Å². The maximum atomic E-state index is 10.0. The fourth-order valence-electron chi connectivity index (χ4n) is 1.15. The summed E-state index contributed by atoms with van der Waals surface area (Å²) in [5.74, 6) is 0.919. The second-order valence-corrected chi connectivity index (χ2v) is 2.82. The van der Waals surface area contributed by atoms with Crippen molar-refractivity contribution in [1.29, 1.82) is 0 Å². The average Bonchev–Trinajstić information content (AvgIpc) is 2.21. The van der Waals surface area contributed by atoms with Crippen LogP contribution in [0.2, 0.25) is 0 Å². The smallest absolute Gasteiger partial charge is 0.207 e. The van der Waals surface area contributed by atoms with E-state index in [0.717, 1.165) is 5.56 Å². The van der Waals surface area contributed by atoms with Crippen LogP contribution in [-0.2, 0) is 11.2 Å². The normalized spacial score (nSPS) is 9.50. The molecule has 76 valence electrons. The lowest BCUT2D eigenvalue weighted by Gasteiger charge is -2.06. The molecule has 2 N–H and O–H groups in total. The van der Waals surface area contributed by atoms with Crippen molar-refractivity contribution in [2.24, 2.45) is 0 Å². The monoisotopic (exact) mass is 195 g/mol. The first-order chi connectivity index (χ1) is 6.77. The molecule has 1 aromatic carbocycles. The molecule has 1 amide bonds. The molecule has 0 unspecified atom stereocenters. The van der Waals surface area contributed by atoms with Gasteiger partial charge in [0.15, 0.2) is 0 Å². The lowest BCUT2D eigenvalue weighted by atomic mass is 10.1. The summed E-state index contributed by atoms with van der Waals surface area (Å²) in [6.07, 6.45) is 1.22. The lowest BCUT2D eigenvalue weighted by Crippen LogP contribution is -2.14. The molecule has 0 aliphatic carbocycles. The Morgan fingerprint density at radius 1 is 1.57 bits per heavy atom. The van der Waals surface area contributed by atoms with E-state index in [0.29, 0.717) is 25.1 Å². The predicted octanol–water partition coefficient (Wildman–Crippen LogP) is 0.689. The molecule has 0 spiro atoms. The number of methoxy groups -OCH3 is 1. The Kier molecular flexibility index (Phi) is 3.79. The molecule has 0 aromatic heterocycles. The fourth-order valence-corrected chi connectivity index (χ4v) is 1.15. The van der Waals surface area contributed by atoms with Crippen molar-refractivity contribution in [3.63, 3.8) is 0 Å². The van der Waals surface area contributed by atoms with E-state index in [2.05, 4.69) is 5.32 Å². The van der Waals surface area contributed by atoms with E-state index in [1.54, 1.807) is 25.3 Å². The molecule has 4 heteroatoms. The number of nitrogens with one attached hydrogen (secondary N) is 1. The zero-order chi connectivity index (χ0) is 10.4. The van der Waals surface area contributed by atoms with Crippen molar-refractivity contribution in [3.05, 3.63) is 23.8 Å². The number of rotatable bonds is 5. The molecule has 0 aliphatic rings. The molecule has 1 rings (SSSR count). The van der Waals surface area contributed by atoms with E-state index in [1.807, 2.05) is 0 Å². The summed E-state index contributed by atoms with van der Waals surface area (Å²) >= 11 is 0. The number of benzene rings is 1. The highest BCUT2D eigenvalue weighted by molar-refractivity contribution is 5.46. The van der Waals surface area contributed by atoms with Crippen molar-refractivity contribution in [1.82, 2.24) is 5.32 Å². The molecule has 0 fully saturated rings. The van der Waals surface area contributed by atoms with Gasteiger partial charge in [-0.2, -0.15) is 0 Å². The summed E-state index contributed by atoms with van der Waals surface area (Å²) in [7, 11) is 1.57. The third-order valence-corrected chi connectivity index (χ3v) is 1.91. The summed E-state index contributed by atoms with van der Waals surface area (Å²) in [5.41, 5.74) is 0.763. The Hall–Kier alpha value is -1.71. The first-order valence-corrected chi connectivity index (χ1v) is 4.31. The van der Waals surface area contributed by atoms with Gasteiger partial charge in [0.05, 0.1) is 7.11 Å². The van der Waals surface area contributed by atoms with E-state index in [9.17, 15) is 9.90 Å². The first-order valence-electron chi connectivity index (χ1n) is 4.31. The van der Waals surface area contributed by atoms with Crippen molar-refractivity contribution in [2.45, 2.75) is 6.42 Å². The second-order valence-electron chi connectivity index (χ2n) is 2.82. The van der Waals surface area contributed by atoms with Gasteiger partial charge in [-0.25, -0.2) is 0 Å². The predicted molar refractivity (Wildman–Crippen MR) is 52.4 cm³/mol. The molecule has 0 bridgehead atoms. The third kappa shape index (κ3) is 2.65. The number of hydrogen-bond acceptors (Lipinski definition) is 3. The summed E-state index contributed by atoms with van der Waals surface area (Å²) in [5, 5.41) is 12.0. The Morgan fingerprint density at radius 2 is 2.36 bits per heavy atom. The average molecular weight is 195 g/mol. The van der Waals surface area contributed by atoms with Gasteiger partial charge in [0.2, 0.25) is 6.41 Å². The SMILES string of the molecule is COc1ccc(O)c(CCNC=O)c1. The van der Waals surface area contributed by atoms with E-state index in [1.165, 1.54) is 0 Å². The Labute approximate surface area is 82.5 Å². The topological polar surface area (TPSA) is 58.6 Å². The standard InChI is InChI=1S/C10H13NO3/c1-14-9-2-3-10(13)8(6-9)4-5-11-7-12/h2-3,6-7,13H,4-5H2,1H3,(H,11,12). The van der Waals surface area contributed by atoms with Gasteiger partial charge >= 0.3 is 0 Å². The molecular formula is C10H13NO3. The molecule has 0 saturated heterocycles. The Bertz CT molecular complexity index is 312. The lowest BCUT2D eigenvalue weighted by molar-refractivity contribution is -0.109. The van der Waals surface area contributed by atoms with E-state index >= 15 is 0 Å². The van der Waals surface area contributed by atoms with Crippen LogP contribution in [-0.4, -0.2) is 25.2 Å². The van der Waals surface area contributed by atoms with Crippen LogP contribution in [0.4, 0.5) is 0 Å². The number of hydrogen-bond donors (Lipinski definition) is 2. The van der Waals surface area contributed by atoms with E-state index in [-0.39, 0.29) is 5.75 Å². The first kappa shape index (κ1) is 10.4. The maximum absolute atomic E-state index is 10.0. The zero-order valence-electron chi connectivity index (χ0n) is 7.99. The summed E-state index contributed by atoms with van der Waals surface area (Å²) in [6.45, 7) is 0.504. The van der Waals surface area contributed by atoms with Crippen molar-refractivity contribution in [3.8, 4) is 11.5 Å². The summed E-state index contributed by atoms with van der Waals surface area (Å²) in [4.78, 5) is 10.0. The number of carbonyl (C=O) groups excluding carboxylic acids is 1. The molecule has 0 atom stereocenters. The maximum Gasteiger partial charge on any atom is 0.207 e. The van der Waals surface area contributed by atoms with E-state index in [4.69, 9.17) is 4.74 Å². The van der Waals surface area contributed by atoms with Gasteiger partial charge in [0.1, 0.15) is 11.5 Å². The van der Waals surface area contributed by atoms with Gasteiger partial charge in [-0.3, -0.25) is 4.79 Å². The largest absolute Gasteiger partial charge is 0.508 e. The number of phenols is 1. The third-order valence-electron chi connectivity index (χ3n) is 1.91. The summed E-state index contributed by atoms with van der Waals surface area (Å²) < 4.78 is 5.02. The van der Waals surface area contributed by atoms with Crippen LogP contribution in [0.5, 0.6) is 11.5 Å². The van der Waals surface area contributed by atoms with Crippen molar-refractivity contribution in [2.75, 3.05) is 13.7 Å². The molecular weight excluding hydrogens is 182 g/mol. The van der Waals surface area contributed by atoms with Gasteiger partial charge in [-0.15, -0.1) is 0 Å². The number of carbonyl (C=O) groups is 1. The fraction of sp³-hybridized carbons (Fsp3) is 0.300. The van der Waals surface area contributed by atoms with Gasteiger partial charge < -0.3 is 15.2 Å². The van der Waals surface area contributed by atoms with Crippen molar-refractivity contribution < 1.29 is 14.6 Å². The van der Waals surface area contributed by atoms with Crippen LogP contribution in [0.3, 0.4) is 0 Å². The van der Waals surface area contributed by atoms with Crippen LogP contribution in [0.1, 0.15) is 5.56 Å². The highest BCUT2D eigenvalue weighted by Crippen LogP contribution is 2.22. The molecule has 0 saturated carbocycles. The van der Waals surface area contributed by atoms with Gasteiger partial charge in [-0.1, -0.05) is 0 Å². The minimum absolute atomic E-state index is 0.221. The van der Waals surface area contributed by atoms with Crippen LogP contribution in [0.15, 0.2) is 18.2 Å². The molecule has 0 heterocycles. The summed E-state index contributed by atoms with van der Waals surface area (Å²) in [6, 6.07) is 5.02. The van der Waals surface area contributed by atoms with Crippen LogP contribution < -0.4 is 10.1 Å². The Morgan fingerprint density at radius 3 is 3.00 bits per heavy atom. The Balaban J connectivity index is 2.68.